The summed E-state index contributed by atoms with van der Waals surface area (Å²) in [5.41, 5.74) is 0.953. The zero-order valence-corrected chi connectivity index (χ0v) is 10.0. The fourth-order valence-corrected chi connectivity index (χ4v) is 1.84. The predicted octanol–water partition coefficient (Wildman–Crippen LogP) is 1.58. The van der Waals surface area contributed by atoms with Crippen molar-refractivity contribution in [2.45, 2.75) is 18.9 Å². The molecule has 0 spiro atoms. The molecule has 0 radical (unpaired) electrons. The molecule has 1 fully saturated rings. The second kappa shape index (κ2) is 5.63. The van der Waals surface area contributed by atoms with E-state index in [0.29, 0.717) is 6.04 Å². The van der Waals surface area contributed by atoms with Gasteiger partial charge in [0.05, 0.1) is 0 Å². The fourth-order valence-electron chi connectivity index (χ4n) is 1.22. The van der Waals surface area contributed by atoms with E-state index in [1.54, 1.807) is 17.4 Å². The van der Waals surface area contributed by atoms with Crippen molar-refractivity contribution in [1.82, 2.24) is 5.32 Å². The van der Waals surface area contributed by atoms with Gasteiger partial charge in [0.25, 0.3) is 5.91 Å². The highest BCUT2D eigenvalue weighted by molar-refractivity contribution is 7.08. The number of rotatable bonds is 5. The molecule has 0 aromatic carbocycles. The van der Waals surface area contributed by atoms with Crippen LogP contribution in [-0.4, -0.2) is 24.5 Å². The zero-order chi connectivity index (χ0) is 12.1. The summed E-state index contributed by atoms with van der Waals surface area (Å²) in [6.07, 6.45) is 5.04. The van der Waals surface area contributed by atoms with Crippen molar-refractivity contribution >= 4 is 29.3 Å². The second-order valence-electron chi connectivity index (χ2n) is 3.84. The summed E-state index contributed by atoms with van der Waals surface area (Å²) < 4.78 is 4.80. The maximum Gasteiger partial charge on any atom is 0.331 e. The van der Waals surface area contributed by atoms with Crippen molar-refractivity contribution in [1.29, 1.82) is 0 Å². The average molecular weight is 251 g/mol. The first-order valence-electron chi connectivity index (χ1n) is 5.40. The van der Waals surface area contributed by atoms with E-state index >= 15 is 0 Å². The van der Waals surface area contributed by atoms with Crippen molar-refractivity contribution in [3.63, 3.8) is 0 Å². The molecule has 4 nitrogen and oxygen atoms in total. The van der Waals surface area contributed by atoms with Gasteiger partial charge in [-0.15, -0.1) is 0 Å². The Morgan fingerprint density at radius 1 is 1.53 bits per heavy atom. The molecule has 1 amide bonds. The van der Waals surface area contributed by atoms with E-state index in [9.17, 15) is 9.59 Å². The summed E-state index contributed by atoms with van der Waals surface area (Å²) >= 11 is 1.56. The summed E-state index contributed by atoms with van der Waals surface area (Å²) in [5.74, 6) is -0.730. The molecule has 1 aliphatic rings. The molecule has 2 rings (SSSR count). The van der Waals surface area contributed by atoms with Gasteiger partial charge in [-0.1, -0.05) is 0 Å². The Labute approximate surface area is 103 Å². The van der Waals surface area contributed by atoms with E-state index in [-0.39, 0.29) is 12.5 Å². The van der Waals surface area contributed by atoms with Crippen LogP contribution in [-0.2, 0) is 14.3 Å². The molecule has 0 atom stereocenters. The molecule has 1 heterocycles. The maximum atomic E-state index is 11.3. The lowest BCUT2D eigenvalue weighted by atomic mass is 10.3. The van der Waals surface area contributed by atoms with Gasteiger partial charge in [0.15, 0.2) is 6.61 Å². The van der Waals surface area contributed by atoms with Crippen molar-refractivity contribution in [3.05, 3.63) is 28.5 Å². The number of thiophene rings is 1. The Morgan fingerprint density at radius 3 is 3.00 bits per heavy atom. The largest absolute Gasteiger partial charge is 0.452 e. The van der Waals surface area contributed by atoms with Crippen molar-refractivity contribution in [2.24, 2.45) is 0 Å². The number of ether oxygens (including phenoxy) is 1. The summed E-state index contributed by atoms with van der Waals surface area (Å²) in [6, 6.07) is 2.19. The lowest BCUT2D eigenvalue weighted by molar-refractivity contribution is -0.143. The molecule has 5 heteroatoms. The number of esters is 1. The smallest absolute Gasteiger partial charge is 0.331 e. The topological polar surface area (TPSA) is 55.4 Å². The van der Waals surface area contributed by atoms with Crippen LogP contribution in [0.15, 0.2) is 22.9 Å². The van der Waals surface area contributed by atoms with Gasteiger partial charge in [0.1, 0.15) is 0 Å². The number of nitrogens with one attached hydrogen (secondary N) is 1. The lowest BCUT2D eigenvalue weighted by Gasteiger charge is -2.02. The van der Waals surface area contributed by atoms with E-state index in [0.717, 1.165) is 18.4 Å². The molecule has 0 saturated heterocycles. The molecule has 1 aromatic rings. The molecular weight excluding hydrogens is 238 g/mol. The Balaban J connectivity index is 1.68. The average Bonchev–Trinajstić information content (AvgIpc) is 2.96. The minimum atomic E-state index is -0.498. The molecule has 17 heavy (non-hydrogen) atoms. The third-order valence-electron chi connectivity index (χ3n) is 2.24. The van der Waals surface area contributed by atoms with E-state index in [2.05, 4.69) is 5.32 Å². The van der Waals surface area contributed by atoms with Gasteiger partial charge in [-0.2, -0.15) is 11.3 Å². The van der Waals surface area contributed by atoms with E-state index in [1.807, 2.05) is 16.8 Å². The van der Waals surface area contributed by atoms with Crippen LogP contribution in [0.4, 0.5) is 0 Å². The maximum absolute atomic E-state index is 11.3. The number of amides is 1. The summed E-state index contributed by atoms with van der Waals surface area (Å²) in [4.78, 5) is 22.5. The molecule has 1 aliphatic carbocycles. The highest BCUT2D eigenvalue weighted by Gasteiger charge is 2.23. The predicted molar refractivity (Wildman–Crippen MR) is 65.5 cm³/mol. The summed E-state index contributed by atoms with van der Waals surface area (Å²) in [7, 11) is 0. The van der Waals surface area contributed by atoms with Gasteiger partial charge < -0.3 is 10.1 Å². The van der Waals surface area contributed by atoms with Crippen LogP contribution < -0.4 is 5.32 Å². The molecule has 1 N–H and O–H groups in total. The number of carbonyl (C=O) groups is 2. The third-order valence-corrected chi connectivity index (χ3v) is 2.94. The first-order chi connectivity index (χ1) is 8.24. The van der Waals surface area contributed by atoms with Gasteiger partial charge in [-0.05, 0) is 41.3 Å². The van der Waals surface area contributed by atoms with Crippen LogP contribution in [0.1, 0.15) is 18.4 Å². The highest BCUT2D eigenvalue weighted by Crippen LogP contribution is 2.18. The quantitative estimate of drug-likeness (QED) is 0.638. The monoisotopic (exact) mass is 251 g/mol. The Kier molecular flexibility index (Phi) is 3.93. The van der Waals surface area contributed by atoms with Gasteiger partial charge in [-0.25, -0.2) is 4.79 Å². The van der Waals surface area contributed by atoms with Crippen LogP contribution in [0.2, 0.25) is 0 Å². The van der Waals surface area contributed by atoms with E-state index in [1.165, 1.54) is 6.08 Å². The van der Waals surface area contributed by atoms with Crippen molar-refractivity contribution in [2.75, 3.05) is 6.61 Å². The Bertz CT molecular complexity index is 421. The van der Waals surface area contributed by atoms with Gasteiger partial charge in [-0.3, -0.25) is 4.79 Å². The van der Waals surface area contributed by atoms with E-state index in [4.69, 9.17) is 4.74 Å². The van der Waals surface area contributed by atoms with Gasteiger partial charge in [0.2, 0.25) is 0 Å². The number of carbonyl (C=O) groups excluding carboxylic acids is 2. The minimum Gasteiger partial charge on any atom is -0.452 e. The third kappa shape index (κ3) is 4.40. The Hall–Kier alpha value is -1.62. The fraction of sp³-hybridized carbons (Fsp3) is 0.333. The SMILES string of the molecule is O=C(COC(=O)/C=C/c1ccsc1)NC1CC1. The van der Waals surface area contributed by atoms with E-state index < -0.39 is 5.97 Å². The Morgan fingerprint density at radius 2 is 2.35 bits per heavy atom. The molecule has 1 saturated carbocycles. The van der Waals surface area contributed by atoms with Crippen molar-refractivity contribution < 1.29 is 14.3 Å². The lowest BCUT2D eigenvalue weighted by Crippen LogP contribution is -2.30. The first kappa shape index (κ1) is 11.9. The molecule has 1 aromatic heterocycles. The van der Waals surface area contributed by atoms with Crippen LogP contribution in [0, 0.1) is 0 Å². The molecule has 0 aliphatic heterocycles. The number of hydrogen-bond donors (Lipinski definition) is 1. The molecular formula is C12H13NO3S. The standard InChI is InChI=1S/C12H13NO3S/c14-11(13-10-2-3-10)7-16-12(15)4-1-9-5-6-17-8-9/h1,4-6,8,10H,2-3,7H2,(H,13,14)/b4-1+. The number of hydrogen-bond acceptors (Lipinski definition) is 4. The van der Waals surface area contributed by atoms with Gasteiger partial charge in [0, 0.05) is 12.1 Å². The summed E-state index contributed by atoms with van der Waals surface area (Å²) in [6.45, 7) is -0.205. The van der Waals surface area contributed by atoms with Crippen LogP contribution >= 0.6 is 11.3 Å². The minimum absolute atomic E-state index is 0.205. The summed E-state index contributed by atoms with van der Waals surface area (Å²) in [5, 5.41) is 6.59. The second-order valence-corrected chi connectivity index (χ2v) is 4.62. The van der Waals surface area contributed by atoms with Crippen LogP contribution in [0.3, 0.4) is 0 Å². The molecule has 0 bridgehead atoms. The molecule has 90 valence electrons. The first-order valence-corrected chi connectivity index (χ1v) is 6.35. The zero-order valence-electron chi connectivity index (χ0n) is 9.22. The normalized spacial score (nSPS) is 14.8. The van der Waals surface area contributed by atoms with Crippen molar-refractivity contribution in [3.8, 4) is 0 Å². The van der Waals surface area contributed by atoms with Crippen LogP contribution in [0.25, 0.3) is 6.08 Å². The molecule has 0 unspecified atom stereocenters. The van der Waals surface area contributed by atoms with Crippen LogP contribution in [0.5, 0.6) is 0 Å². The van der Waals surface area contributed by atoms with Gasteiger partial charge >= 0.3 is 5.97 Å². The highest BCUT2D eigenvalue weighted by atomic mass is 32.1.